The molecule has 150 valence electrons. The minimum Gasteiger partial charge on any atom is -0.495 e. The molecule has 3 aromatic carbocycles. The van der Waals surface area contributed by atoms with Crippen LogP contribution in [0.25, 0.3) is 0 Å². The number of hydrogen-bond acceptors (Lipinski definition) is 4. The number of nitrogens with zero attached hydrogens (tertiary/aromatic N) is 1. The predicted octanol–water partition coefficient (Wildman–Crippen LogP) is 4.71. The van der Waals surface area contributed by atoms with Crippen LogP contribution in [0.15, 0.2) is 60.7 Å². The van der Waals surface area contributed by atoms with Gasteiger partial charge in [-0.05, 0) is 55.0 Å². The molecule has 0 saturated carbocycles. The van der Waals surface area contributed by atoms with Crippen molar-refractivity contribution in [1.82, 2.24) is 0 Å². The Labute approximate surface area is 178 Å². The number of halogens is 1. The van der Waals surface area contributed by atoms with Gasteiger partial charge in [-0.15, -0.1) is 0 Å². The minimum absolute atomic E-state index is 0.189. The maximum Gasteiger partial charge on any atom is 0.266 e. The van der Waals surface area contributed by atoms with Crippen LogP contribution < -0.4 is 15.0 Å². The molecule has 1 aliphatic rings. The van der Waals surface area contributed by atoms with E-state index in [-0.39, 0.29) is 16.7 Å². The van der Waals surface area contributed by atoms with Crippen LogP contribution in [-0.2, 0) is 0 Å². The van der Waals surface area contributed by atoms with Gasteiger partial charge in [0.05, 0.1) is 29.6 Å². The van der Waals surface area contributed by atoms with Gasteiger partial charge in [0.2, 0.25) is 0 Å². The molecule has 0 aliphatic carbocycles. The van der Waals surface area contributed by atoms with Gasteiger partial charge in [0.1, 0.15) is 5.75 Å². The summed E-state index contributed by atoms with van der Waals surface area (Å²) in [5, 5.41) is 3.17. The molecule has 4 rings (SSSR count). The van der Waals surface area contributed by atoms with Crippen LogP contribution >= 0.6 is 11.6 Å². The summed E-state index contributed by atoms with van der Waals surface area (Å²) in [7, 11) is 1.48. The first-order valence-corrected chi connectivity index (χ1v) is 9.52. The van der Waals surface area contributed by atoms with Crippen molar-refractivity contribution in [2.45, 2.75) is 6.92 Å². The maximum absolute atomic E-state index is 13.0. The topological polar surface area (TPSA) is 75.7 Å². The number of para-hydroxylation sites is 1. The number of carbonyl (C=O) groups excluding carboxylic acids is 3. The van der Waals surface area contributed by atoms with Gasteiger partial charge in [0.25, 0.3) is 17.7 Å². The molecule has 3 amide bonds. The Morgan fingerprint density at radius 2 is 1.70 bits per heavy atom. The Morgan fingerprint density at radius 3 is 2.43 bits per heavy atom. The van der Waals surface area contributed by atoms with E-state index in [1.807, 2.05) is 19.1 Å². The second kappa shape index (κ2) is 7.65. The van der Waals surface area contributed by atoms with Gasteiger partial charge < -0.3 is 10.1 Å². The molecule has 0 aromatic heterocycles. The van der Waals surface area contributed by atoms with E-state index < -0.39 is 17.7 Å². The average Bonchev–Trinajstić information content (AvgIpc) is 2.98. The number of carbonyl (C=O) groups is 3. The zero-order valence-corrected chi connectivity index (χ0v) is 17.0. The van der Waals surface area contributed by atoms with Gasteiger partial charge in [0, 0.05) is 10.6 Å². The maximum atomic E-state index is 13.0. The van der Waals surface area contributed by atoms with Crippen molar-refractivity contribution >= 4 is 40.7 Å². The highest BCUT2D eigenvalue weighted by molar-refractivity contribution is 6.35. The number of aryl methyl sites for hydroxylation is 1. The molecule has 30 heavy (non-hydrogen) atoms. The van der Waals surface area contributed by atoms with E-state index in [0.29, 0.717) is 22.1 Å². The molecular formula is C23H17ClN2O4. The van der Waals surface area contributed by atoms with E-state index in [4.69, 9.17) is 16.3 Å². The Bertz CT molecular complexity index is 1210. The fraction of sp³-hybridized carbons (Fsp3) is 0.0870. The number of nitrogens with one attached hydrogen (secondary N) is 1. The standard InChI is InChI=1S/C23H17ClN2O4/c1-13-5-3-4-6-19(13)26-22(28)16-9-7-14(11-17(16)23(26)29)21(27)25-18-12-15(24)8-10-20(18)30-2/h3-12H,1-2H3,(H,25,27). The number of fused-ring (bicyclic) bond motifs is 1. The molecule has 0 spiro atoms. The van der Waals surface area contributed by atoms with E-state index >= 15 is 0 Å². The third-order valence-corrected chi connectivity index (χ3v) is 5.15. The number of amides is 3. The summed E-state index contributed by atoms with van der Waals surface area (Å²) in [4.78, 5) is 39.7. The molecule has 3 aromatic rings. The molecule has 0 fully saturated rings. The number of ether oxygens (including phenoxy) is 1. The van der Waals surface area contributed by atoms with Crippen molar-refractivity contribution in [1.29, 1.82) is 0 Å². The highest BCUT2D eigenvalue weighted by atomic mass is 35.5. The zero-order valence-electron chi connectivity index (χ0n) is 16.2. The van der Waals surface area contributed by atoms with Crippen LogP contribution in [-0.4, -0.2) is 24.8 Å². The van der Waals surface area contributed by atoms with E-state index in [1.165, 1.54) is 25.3 Å². The smallest absolute Gasteiger partial charge is 0.266 e. The molecule has 0 unspecified atom stereocenters. The summed E-state index contributed by atoms with van der Waals surface area (Å²) in [5.41, 5.74) is 2.42. The molecule has 0 saturated heterocycles. The van der Waals surface area contributed by atoms with Gasteiger partial charge in [-0.3, -0.25) is 14.4 Å². The Kier molecular flexibility index (Phi) is 5.01. The predicted molar refractivity (Wildman–Crippen MR) is 115 cm³/mol. The highest BCUT2D eigenvalue weighted by Gasteiger charge is 2.37. The molecule has 1 aliphatic heterocycles. The van der Waals surface area contributed by atoms with E-state index in [1.54, 1.807) is 30.3 Å². The first-order valence-electron chi connectivity index (χ1n) is 9.14. The van der Waals surface area contributed by atoms with Crippen LogP contribution in [0.2, 0.25) is 5.02 Å². The molecule has 1 N–H and O–H groups in total. The summed E-state index contributed by atoms with van der Waals surface area (Å²) in [6.07, 6.45) is 0. The number of benzene rings is 3. The number of methoxy groups -OCH3 is 1. The molecule has 6 nitrogen and oxygen atoms in total. The fourth-order valence-electron chi connectivity index (χ4n) is 3.39. The number of rotatable bonds is 4. The summed E-state index contributed by atoms with van der Waals surface area (Å²) >= 11 is 6.01. The van der Waals surface area contributed by atoms with E-state index in [0.717, 1.165) is 10.5 Å². The van der Waals surface area contributed by atoms with Crippen LogP contribution in [0.5, 0.6) is 5.75 Å². The fourth-order valence-corrected chi connectivity index (χ4v) is 3.56. The van der Waals surface area contributed by atoms with E-state index in [2.05, 4.69) is 5.32 Å². The van der Waals surface area contributed by atoms with Gasteiger partial charge in [0.15, 0.2) is 0 Å². The van der Waals surface area contributed by atoms with Crippen molar-refractivity contribution in [2.24, 2.45) is 0 Å². The van der Waals surface area contributed by atoms with Gasteiger partial charge >= 0.3 is 0 Å². The monoisotopic (exact) mass is 420 g/mol. The summed E-state index contributed by atoms with van der Waals surface area (Å²) in [6.45, 7) is 1.83. The number of hydrogen-bond donors (Lipinski definition) is 1. The first-order chi connectivity index (χ1) is 14.4. The average molecular weight is 421 g/mol. The first kappa shape index (κ1) is 19.7. The summed E-state index contributed by atoms with van der Waals surface area (Å²) < 4.78 is 5.24. The largest absolute Gasteiger partial charge is 0.495 e. The lowest BCUT2D eigenvalue weighted by Gasteiger charge is -2.16. The molecule has 0 atom stereocenters. The number of anilines is 2. The summed E-state index contributed by atoms with van der Waals surface area (Å²) in [5.74, 6) is -0.870. The SMILES string of the molecule is COc1ccc(Cl)cc1NC(=O)c1ccc2c(c1)C(=O)N(c1ccccc1C)C2=O. The van der Waals surface area contributed by atoms with Gasteiger partial charge in [-0.1, -0.05) is 29.8 Å². The van der Waals surface area contributed by atoms with Gasteiger partial charge in [-0.2, -0.15) is 0 Å². The van der Waals surface area contributed by atoms with Crippen LogP contribution in [0.3, 0.4) is 0 Å². The van der Waals surface area contributed by atoms with Crippen LogP contribution in [0.1, 0.15) is 36.6 Å². The third-order valence-electron chi connectivity index (χ3n) is 4.91. The van der Waals surface area contributed by atoms with Gasteiger partial charge in [-0.25, -0.2) is 4.90 Å². The lowest BCUT2D eigenvalue weighted by atomic mass is 10.1. The second-order valence-electron chi connectivity index (χ2n) is 6.79. The van der Waals surface area contributed by atoms with Crippen molar-refractivity contribution in [3.63, 3.8) is 0 Å². The molecule has 0 radical (unpaired) electrons. The van der Waals surface area contributed by atoms with Crippen LogP contribution in [0.4, 0.5) is 11.4 Å². The lowest BCUT2D eigenvalue weighted by molar-refractivity contribution is 0.0925. The van der Waals surface area contributed by atoms with Crippen molar-refractivity contribution < 1.29 is 19.1 Å². The zero-order chi connectivity index (χ0) is 21.4. The van der Waals surface area contributed by atoms with Crippen LogP contribution in [0, 0.1) is 6.92 Å². The Hall–Kier alpha value is -3.64. The third kappa shape index (κ3) is 3.31. The molecule has 0 bridgehead atoms. The van der Waals surface area contributed by atoms with Crippen molar-refractivity contribution in [3.05, 3.63) is 87.9 Å². The highest BCUT2D eigenvalue weighted by Crippen LogP contribution is 2.32. The Balaban J connectivity index is 1.66. The summed E-state index contributed by atoms with van der Waals surface area (Å²) in [6, 6.07) is 16.5. The quantitative estimate of drug-likeness (QED) is 0.620. The molecule has 1 heterocycles. The second-order valence-corrected chi connectivity index (χ2v) is 7.23. The Morgan fingerprint density at radius 1 is 0.967 bits per heavy atom. The van der Waals surface area contributed by atoms with E-state index in [9.17, 15) is 14.4 Å². The minimum atomic E-state index is -0.459. The van der Waals surface area contributed by atoms with Crippen molar-refractivity contribution in [2.75, 3.05) is 17.3 Å². The molecule has 7 heteroatoms. The molecular weight excluding hydrogens is 404 g/mol. The normalized spacial score (nSPS) is 12.7. The lowest BCUT2D eigenvalue weighted by Crippen LogP contribution is -2.29. The number of imide groups is 1. The van der Waals surface area contributed by atoms with Crippen molar-refractivity contribution in [3.8, 4) is 5.75 Å².